The Bertz CT molecular complexity index is 951. The van der Waals surface area contributed by atoms with Gasteiger partial charge in [-0.15, -0.1) is 0 Å². The molecular formula is C17H11NO2. The van der Waals surface area contributed by atoms with Crippen LogP contribution in [0.5, 0.6) is 0 Å². The highest BCUT2D eigenvalue weighted by atomic mass is 16.1. The van der Waals surface area contributed by atoms with Crippen molar-refractivity contribution in [3.05, 3.63) is 70.0 Å². The smallest absolute Gasteiger partial charge is 0.210 e. The van der Waals surface area contributed by atoms with Gasteiger partial charge in [0.25, 0.3) is 0 Å². The van der Waals surface area contributed by atoms with Gasteiger partial charge >= 0.3 is 0 Å². The van der Waals surface area contributed by atoms with Gasteiger partial charge in [-0.25, -0.2) is 0 Å². The van der Waals surface area contributed by atoms with Crippen molar-refractivity contribution in [2.75, 3.05) is 0 Å². The fourth-order valence-electron chi connectivity index (χ4n) is 3.03. The third-order valence-electron chi connectivity index (χ3n) is 3.97. The Balaban J connectivity index is 2.29. The van der Waals surface area contributed by atoms with Gasteiger partial charge in [0.1, 0.15) is 5.69 Å². The van der Waals surface area contributed by atoms with E-state index in [1.807, 2.05) is 54.1 Å². The number of aromatic nitrogens is 1. The zero-order valence-electron chi connectivity index (χ0n) is 10.9. The molecule has 0 N–H and O–H groups in total. The number of fused-ring (bicyclic) bond motifs is 4. The van der Waals surface area contributed by atoms with E-state index in [4.69, 9.17) is 0 Å². The highest BCUT2D eigenvalue weighted by Crippen LogP contribution is 2.35. The second-order valence-corrected chi connectivity index (χ2v) is 5.00. The Morgan fingerprint density at radius 1 is 0.850 bits per heavy atom. The van der Waals surface area contributed by atoms with Crippen LogP contribution >= 0.6 is 0 Å². The van der Waals surface area contributed by atoms with Gasteiger partial charge in [0.2, 0.25) is 5.78 Å². The van der Waals surface area contributed by atoms with Crippen LogP contribution in [0.15, 0.2) is 53.3 Å². The number of para-hydroxylation sites is 1. The molecule has 20 heavy (non-hydrogen) atoms. The van der Waals surface area contributed by atoms with Crippen LogP contribution in [0.1, 0.15) is 16.1 Å². The van der Waals surface area contributed by atoms with E-state index in [0.29, 0.717) is 22.2 Å². The molecule has 0 aliphatic heterocycles. The average molecular weight is 261 g/mol. The number of pyridine rings is 1. The second-order valence-electron chi connectivity index (χ2n) is 5.00. The number of carbonyl (C=O) groups excluding carboxylic acids is 1. The maximum Gasteiger partial charge on any atom is 0.210 e. The van der Waals surface area contributed by atoms with E-state index >= 15 is 0 Å². The largest absolute Gasteiger partial charge is 0.340 e. The number of nitrogens with zero attached hydrogens (tertiary/aromatic N) is 1. The van der Waals surface area contributed by atoms with Crippen molar-refractivity contribution in [2.45, 2.75) is 0 Å². The Morgan fingerprint density at radius 2 is 1.50 bits per heavy atom. The molecule has 1 aromatic heterocycles. The first-order chi connectivity index (χ1) is 9.70. The number of aryl methyl sites for hydroxylation is 1. The van der Waals surface area contributed by atoms with E-state index in [1.54, 1.807) is 6.07 Å². The minimum absolute atomic E-state index is 0.0630. The molecule has 0 amide bonds. The van der Waals surface area contributed by atoms with E-state index in [2.05, 4.69) is 0 Å². The first kappa shape index (κ1) is 11.2. The molecule has 1 aliphatic carbocycles. The fraction of sp³-hybridized carbons (Fsp3) is 0.0588. The van der Waals surface area contributed by atoms with Crippen molar-refractivity contribution >= 4 is 16.7 Å². The summed E-state index contributed by atoms with van der Waals surface area (Å²) in [7, 11) is 1.84. The van der Waals surface area contributed by atoms with Crippen LogP contribution in [0.3, 0.4) is 0 Å². The standard InChI is InChI=1S/C17H11NO2/c1-18-13-9-5-4-8-12(13)16(19)14-10-6-2-3-7-11(10)17(20)15(14)18/h2-9H,1H3. The quantitative estimate of drug-likeness (QED) is 0.488. The molecule has 0 fully saturated rings. The Hall–Kier alpha value is -2.68. The molecule has 0 spiro atoms. The zero-order valence-corrected chi connectivity index (χ0v) is 10.9. The van der Waals surface area contributed by atoms with Crippen molar-refractivity contribution < 1.29 is 4.79 Å². The van der Waals surface area contributed by atoms with Gasteiger partial charge < -0.3 is 4.57 Å². The van der Waals surface area contributed by atoms with Crippen LogP contribution in [0, 0.1) is 0 Å². The first-order valence-corrected chi connectivity index (χ1v) is 6.46. The molecule has 4 rings (SSSR count). The van der Waals surface area contributed by atoms with Crippen LogP contribution in [-0.2, 0) is 7.05 Å². The molecule has 0 radical (unpaired) electrons. The molecular weight excluding hydrogens is 250 g/mol. The monoisotopic (exact) mass is 261 g/mol. The molecule has 2 aromatic carbocycles. The van der Waals surface area contributed by atoms with Gasteiger partial charge in [-0.2, -0.15) is 0 Å². The summed E-state index contributed by atoms with van der Waals surface area (Å²) in [6.07, 6.45) is 0. The van der Waals surface area contributed by atoms with Crippen LogP contribution in [0.4, 0.5) is 0 Å². The van der Waals surface area contributed by atoms with Gasteiger partial charge in [0.15, 0.2) is 5.43 Å². The van der Waals surface area contributed by atoms with Crippen LogP contribution in [-0.4, -0.2) is 10.4 Å². The lowest BCUT2D eigenvalue weighted by Crippen LogP contribution is -2.15. The van der Waals surface area contributed by atoms with Crippen LogP contribution < -0.4 is 5.43 Å². The van der Waals surface area contributed by atoms with Crippen molar-refractivity contribution in [2.24, 2.45) is 7.05 Å². The number of rotatable bonds is 0. The van der Waals surface area contributed by atoms with Gasteiger partial charge in [-0.05, 0) is 17.7 Å². The molecule has 96 valence electrons. The number of ketones is 1. The number of benzene rings is 2. The highest BCUT2D eigenvalue weighted by molar-refractivity contribution is 6.21. The van der Waals surface area contributed by atoms with E-state index < -0.39 is 0 Å². The average Bonchev–Trinajstić information content (AvgIpc) is 2.79. The summed E-state index contributed by atoms with van der Waals surface area (Å²) >= 11 is 0. The van der Waals surface area contributed by atoms with E-state index in [1.165, 1.54) is 0 Å². The summed E-state index contributed by atoms with van der Waals surface area (Å²) in [6, 6.07) is 14.7. The van der Waals surface area contributed by atoms with Crippen molar-refractivity contribution in [3.8, 4) is 11.1 Å². The fourth-order valence-corrected chi connectivity index (χ4v) is 3.03. The molecule has 3 nitrogen and oxygen atoms in total. The predicted octanol–water partition coefficient (Wildman–Crippen LogP) is 2.75. The first-order valence-electron chi connectivity index (χ1n) is 6.46. The molecule has 0 unspecified atom stereocenters. The summed E-state index contributed by atoms with van der Waals surface area (Å²) in [4.78, 5) is 25.3. The molecule has 0 saturated carbocycles. The molecule has 1 heterocycles. The maximum absolute atomic E-state index is 12.7. The summed E-state index contributed by atoms with van der Waals surface area (Å²) in [5.41, 5.74) is 3.12. The minimum Gasteiger partial charge on any atom is -0.340 e. The van der Waals surface area contributed by atoms with E-state index in [9.17, 15) is 9.59 Å². The third kappa shape index (κ3) is 1.19. The van der Waals surface area contributed by atoms with Crippen molar-refractivity contribution in [3.63, 3.8) is 0 Å². The number of carbonyl (C=O) groups is 1. The third-order valence-corrected chi connectivity index (χ3v) is 3.97. The molecule has 0 saturated heterocycles. The lowest BCUT2D eigenvalue weighted by molar-refractivity contribution is 0.103. The SMILES string of the molecule is Cn1c2c(c(=O)c3ccccc31)-c1ccccc1C2=O. The number of hydrogen-bond donors (Lipinski definition) is 0. The summed E-state index contributed by atoms with van der Waals surface area (Å²) in [5, 5.41) is 0.651. The topological polar surface area (TPSA) is 39.1 Å². The maximum atomic E-state index is 12.7. The Kier molecular flexibility index (Phi) is 2.05. The van der Waals surface area contributed by atoms with Crippen molar-refractivity contribution in [1.82, 2.24) is 4.57 Å². The summed E-state index contributed by atoms with van der Waals surface area (Å²) in [6.45, 7) is 0. The highest BCUT2D eigenvalue weighted by Gasteiger charge is 2.31. The van der Waals surface area contributed by atoms with Gasteiger partial charge in [0, 0.05) is 18.0 Å². The minimum atomic E-state index is -0.0686. The normalized spacial score (nSPS) is 12.6. The van der Waals surface area contributed by atoms with Crippen LogP contribution in [0.2, 0.25) is 0 Å². The summed E-state index contributed by atoms with van der Waals surface area (Å²) < 4.78 is 1.83. The Morgan fingerprint density at radius 3 is 2.30 bits per heavy atom. The Labute approximate surface area is 115 Å². The predicted molar refractivity (Wildman–Crippen MR) is 78.1 cm³/mol. The lowest BCUT2D eigenvalue weighted by Gasteiger charge is -2.10. The molecule has 0 atom stereocenters. The van der Waals surface area contributed by atoms with Crippen LogP contribution in [0.25, 0.3) is 22.0 Å². The van der Waals surface area contributed by atoms with Crippen molar-refractivity contribution in [1.29, 1.82) is 0 Å². The number of hydrogen-bond acceptors (Lipinski definition) is 2. The van der Waals surface area contributed by atoms with Gasteiger partial charge in [0.05, 0.1) is 11.1 Å². The molecule has 3 aromatic rings. The lowest BCUT2D eigenvalue weighted by atomic mass is 10.0. The second kappa shape index (κ2) is 3.67. The molecule has 1 aliphatic rings. The van der Waals surface area contributed by atoms with E-state index in [0.717, 1.165) is 11.1 Å². The van der Waals surface area contributed by atoms with Gasteiger partial charge in [-0.3, -0.25) is 9.59 Å². The summed E-state index contributed by atoms with van der Waals surface area (Å²) in [5.74, 6) is -0.0686. The zero-order chi connectivity index (χ0) is 13.9. The molecule has 0 bridgehead atoms. The molecule has 3 heteroatoms. The van der Waals surface area contributed by atoms with Gasteiger partial charge in [-0.1, -0.05) is 36.4 Å². The van der Waals surface area contributed by atoms with E-state index in [-0.39, 0.29) is 11.2 Å².